The topological polar surface area (TPSA) is 78.9 Å². The molecule has 6 nitrogen and oxygen atoms in total. The van der Waals surface area contributed by atoms with Gasteiger partial charge in [0.25, 0.3) is 0 Å². The number of ether oxygens (including phenoxy) is 3. The summed E-state index contributed by atoms with van der Waals surface area (Å²) in [5.74, 6) is -0.0459. The first kappa shape index (κ1) is 59.4. The first-order valence-corrected chi connectivity index (χ1v) is 27.4. The van der Waals surface area contributed by atoms with Crippen LogP contribution in [-0.2, 0) is 28.6 Å². The van der Waals surface area contributed by atoms with E-state index in [1.807, 2.05) is 0 Å². The summed E-state index contributed by atoms with van der Waals surface area (Å²) in [5, 5.41) is 0. The zero-order valence-electron chi connectivity index (χ0n) is 41.6. The van der Waals surface area contributed by atoms with Crippen LogP contribution in [0.5, 0.6) is 0 Å². The van der Waals surface area contributed by atoms with E-state index in [0.29, 0.717) is 19.3 Å². The highest BCUT2D eigenvalue weighted by atomic mass is 16.6. The second-order valence-electron chi connectivity index (χ2n) is 19.3. The van der Waals surface area contributed by atoms with Crippen molar-refractivity contribution >= 4 is 17.9 Å². The SMILES string of the molecule is CCCCCCCCCCCCCCCCCCCCC(=O)OC[C@H](COC(=O)CCCCCCCCCCC(C)C)OC(=O)CCCCCCCCCCCCCCCC. The van der Waals surface area contributed by atoms with Crippen molar-refractivity contribution in [3.63, 3.8) is 0 Å². The Morgan fingerprint density at radius 3 is 0.803 bits per heavy atom. The molecule has 1 atom stereocenters. The van der Waals surface area contributed by atoms with Crippen LogP contribution in [0.2, 0.25) is 0 Å². The Balaban J connectivity index is 4.26. The molecule has 0 aromatic rings. The summed E-state index contributed by atoms with van der Waals surface area (Å²) >= 11 is 0. The van der Waals surface area contributed by atoms with Crippen LogP contribution in [0.15, 0.2) is 0 Å². The Morgan fingerprint density at radius 1 is 0.311 bits per heavy atom. The van der Waals surface area contributed by atoms with Crippen LogP contribution in [0.25, 0.3) is 0 Å². The van der Waals surface area contributed by atoms with E-state index in [1.165, 1.54) is 205 Å². The zero-order chi connectivity index (χ0) is 44.5. The van der Waals surface area contributed by atoms with Gasteiger partial charge in [0, 0.05) is 19.3 Å². The Hall–Kier alpha value is -1.59. The third kappa shape index (κ3) is 49.3. The van der Waals surface area contributed by atoms with E-state index in [9.17, 15) is 14.4 Å². The lowest BCUT2D eigenvalue weighted by Crippen LogP contribution is -2.30. The zero-order valence-corrected chi connectivity index (χ0v) is 41.6. The Kier molecular flexibility index (Phi) is 48.1. The maximum atomic E-state index is 12.8. The molecule has 0 saturated heterocycles. The van der Waals surface area contributed by atoms with Crippen LogP contribution in [-0.4, -0.2) is 37.2 Å². The fraction of sp³-hybridized carbons (Fsp3) is 0.945. The Labute approximate surface area is 380 Å². The molecule has 0 spiro atoms. The summed E-state index contributed by atoms with van der Waals surface area (Å²) in [5.41, 5.74) is 0. The van der Waals surface area contributed by atoms with Crippen molar-refractivity contribution in [1.82, 2.24) is 0 Å². The quantitative estimate of drug-likeness (QED) is 0.0344. The molecule has 0 aromatic carbocycles. The normalized spacial score (nSPS) is 12.0. The van der Waals surface area contributed by atoms with Crippen molar-refractivity contribution in [2.45, 2.75) is 316 Å². The second kappa shape index (κ2) is 49.4. The van der Waals surface area contributed by atoms with Crippen LogP contribution in [0.4, 0.5) is 0 Å². The van der Waals surface area contributed by atoms with Gasteiger partial charge in [0.15, 0.2) is 6.10 Å². The van der Waals surface area contributed by atoms with Crippen molar-refractivity contribution in [3.05, 3.63) is 0 Å². The average molecular weight is 863 g/mol. The highest BCUT2D eigenvalue weighted by molar-refractivity contribution is 5.71. The van der Waals surface area contributed by atoms with Gasteiger partial charge < -0.3 is 14.2 Å². The monoisotopic (exact) mass is 863 g/mol. The maximum absolute atomic E-state index is 12.8. The van der Waals surface area contributed by atoms with Gasteiger partial charge in [-0.1, -0.05) is 272 Å². The number of carbonyl (C=O) groups excluding carboxylic acids is 3. The summed E-state index contributed by atoms with van der Waals surface area (Å²) in [4.78, 5) is 38.0. The van der Waals surface area contributed by atoms with E-state index in [0.717, 1.165) is 63.7 Å². The largest absolute Gasteiger partial charge is 0.462 e. The van der Waals surface area contributed by atoms with Gasteiger partial charge >= 0.3 is 17.9 Å². The molecule has 362 valence electrons. The van der Waals surface area contributed by atoms with E-state index in [2.05, 4.69) is 27.7 Å². The molecule has 0 aromatic heterocycles. The van der Waals surface area contributed by atoms with E-state index in [-0.39, 0.29) is 31.1 Å². The molecule has 6 heteroatoms. The summed E-state index contributed by atoms with van der Waals surface area (Å²) < 4.78 is 16.8. The third-order valence-electron chi connectivity index (χ3n) is 12.5. The first-order chi connectivity index (χ1) is 29.9. The molecule has 0 N–H and O–H groups in total. The van der Waals surface area contributed by atoms with Gasteiger partial charge in [0.2, 0.25) is 0 Å². The number of unbranched alkanes of at least 4 members (excludes halogenated alkanes) is 37. The lowest BCUT2D eigenvalue weighted by molar-refractivity contribution is -0.167. The molecule has 0 bridgehead atoms. The molecule has 0 amide bonds. The number of hydrogen-bond acceptors (Lipinski definition) is 6. The molecule has 0 fully saturated rings. The Morgan fingerprint density at radius 2 is 0.541 bits per heavy atom. The van der Waals surface area contributed by atoms with Gasteiger partial charge in [0.05, 0.1) is 0 Å². The van der Waals surface area contributed by atoms with Gasteiger partial charge in [0.1, 0.15) is 13.2 Å². The second-order valence-corrected chi connectivity index (χ2v) is 19.3. The number of esters is 3. The lowest BCUT2D eigenvalue weighted by Gasteiger charge is -2.18. The molecule has 0 aliphatic rings. The first-order valence-electron chi connectivity index (χ1n) is 27.4. The fourth-order valence-electron chi connectivity index (χ4n) is 8.39. The molecular weight excluding hydrogens is 757 g/mol. The van der Waals surface area contributed by atoms with Crippen molar-refractivity contribution in [2.24, 2.45) is 5.92 Å². The summed E-state index contributed by atoms with van der Waals surface area (Å²) in [6, 6.07) is 0. The van der Waals surface area contributed by atoms with Crippen LogP contribution in [0.3, 0.4) is 0 Å². The van der Waals surface area contributed by atoms with Crippen LogP contribution in [0, 0.1) is 5.92 Å². The predicted octanol–water partition coefficient (Wildman–Crippen LogP) is 17.8. The Bertz CT molecular complexity index is 918. The average Bonchev–Trinajstić information content (AvgIpc) is 3.24. The van der Waals surface area contributed by atoms with Crippen LogP contribution in [0.1, 0.15) is 310 Å². The van der Waals surface area contributed by atoms with Crippen LogP contribution >= 0.6 is 0 Å². The van der Waals surface area contributed by atoms with Gasteiger partial charge in [-0.3, -0.25) is 14.4 Å². The minimum atomic E-state index is -0.761. The molecule has 0 saturated carbocycles. The van der Waals surface area contributed by atoms with Gasteiger partial charge in [-0.25, -0.2) is 0 Å². The fourth-order valence-corrected chi connectivity index (χ4v) is 8.39. The molecule has 0 heterocycles. The molecule has 0 aliphatic heterocycles. The molecular formula is C55H106O6. The van der Waals surface area contributed by atoms with Crippen molar-refractivity contribution in [1.29, 1.82) is 0 Å². The maximum Gasteiger partial charge on any atom is 0.306 e. The van der Waals surface area contributed by atoms with E-state index >= 15 is 0 Å². The molecule has 0 unspecified atom stereocenters. The smallest absolute Gasteiger partial charge is 0.306 e. The highest BCUT2D eigenvalue weighted by Crippen LogP contribution is 2.17. The van der Waals surface area contributed by atoms with Gasteiger partial charge in [-0.15, -0.1) is 0 Å². The summed E-state index contributed by atoms with van der Waals surface area (Å²) in [6.07, 6.45) is 52.4. The van der Waals surface area contributed by atoms with Crippen molar-refractivity contribution in [2.75, 3.05) is 13.2 Å². The van der Waals surface area contributed by atoms with E-state index < -0.39 is 6.10 Å². The molecule has 0 aliphatic carbocycles. The van der Waals surface area contributed by atoms with Crippen LogP contribution < -0.4 is 0 Å². The third-order valence-corrected chi connectivity index (χ3v) is 12.5. The van der Waals surface area contributed by atoms with E-state index in [1.54, 1.807) is 0 Å². The lowest BCUT2D eigenvalue weighted by atomic mass is 10.0. The van der Waals surface area contributed by atoms with Gasteiger partial charge in [-0.05, 0) is 25.2 Å². The standard InChI is InChI=1S/C55H106O6/c1-5-7-9-11-13-15-17-19-21-22-23-24-26-27-29-34-38-42-46-53(56)59-49-52(50-60-54(57)47-43-39-35-32-31-33-37-41-45-51(3)4)61-55(58)48-44-40-36-30-28-25-20-18-16-14-12-10-8-6-2/h51-52H,5-50H2,1-4H3/t52-/m1/s1. The number of carbonyl (C=O) groups is 3. The van der Waals surface area contributed by atoms with Crippen molar-refractivity contribution < 1.29 is 28.6 Å². The van der Waals surface area contributed by atoms with Crippen molar-refractivity contribution in [3.8, 4) is 0 Å². The summed E-state index contributed by atoms with van der Waals surface area (Å²) in [7, 11) is 0. The number of rotatable bonds is 50. The minimum Gasteiger partial charge on any atom is -0.462 e. The van der Waals surface area contributed by atoms with E-state index in [4.69, 9.17) is 14.2 Å². The molecule has 61 heavy (non-hydrogen) atoms. The number of hydrogen-bond donors (Lipinski definition) is 0. The molecule has 0 rings (SSSR count). The predicted molar refractivity (Wildman–Crippen MR) is 261 cm³/mol. The molecule has 0 radical (unpaired) electrons. The minimum absolute atomic E-state index is 0.0627. The summed E-state index contributed by atoms with van der Waals surface area (Å²) in [6.45, 7) is 9.01. The highest BCUT2D eigenvalue weighted by Gasteiger charge is 2.19. The van der Waals surface area contributed by atoms with Gasteiger partial charge in [-0.2, -0.15) is 0 Å².